The molecule has 0 aliphatic heterocycles. The molecule has 6 heteroatoms. The van der Waals surface area contributed by atoms with Crippen molar-refractivity contribution in [1.29, 1.82) is 0 Å². The molecule has 0 spiro atoms. The van der Waals surface area contributed by atoms with Gasteiger partial charge in [0.1, 0.15) is 11.6 Å². The molecule has 0 unspecified atom stereocenters. The summed E-state index contributed by atoms with van der Waals surface area (Å²) in [5, 5.41) is 0. The number of nitrogens with zero attached hydrogens (tertiary/aromatic N) is 4. The van der Waals surface area contributed by atoms with E-state index in [1.54, 1.807) is 0 Å². The molecule has 0 amide bonds. The van der Waals surface area contributed by atoms with Gasteiger partial charge in [0.05, 0.1) is 22.1 Å². The van der Waals surface area contributed by atoms with Gasteiger partial charge in [-0.25, -0.2) is 9.97 Å². The van der Waals surface area contributed by atoms with Gasteiger partial charge < -0.3 is 9.13 Å². The number of hydrogen-bond acceptors (Lipinski definition) is 2. The minimum Gasteiger partial charge on any atom is -0.327 e. The maximum absolute atomic E-state index is 5.13. The molecule has 0 radical (unpaired) electrons. The minimum absolute atomic E-state index is 0.257. The summed E-state index contributed by atoms with van der Waals surface area (Å²) >= 11 is 2.33. The Balaban J connectivity index is 1.42. The quantitative estimate of drug-likeness (QED) is 0.139. The van der Waals surface area contributed by atoms with E-state index in [1.165, 1.54) is 31.5 Å². The van der Waals surface area contributed by atoms with E-state index in [-0.39, 0.29) is 16.5 Å². The van der Waals surface area contributed by atoms with Gasteiger partial charge in [-0.1, -0.05) is 67.6 Å². The van der Waals surface area contributed by atoms with Crippen LogP contribution in [0.15, 0.2) is 84.9 Å². The van der Waals surface area contributed by atoms with Crippen LogP contribution in [0.4, 0.5) is 0 Å². The van der Waals surface area contributed by atoms with E-state index in [2.05, 4.69) is 128 Å². The maximum Gasteiger partial charge on any atom is 0.503 e. The van der Waals surface area contributed by atoms with Crippen LogP contribution in [0.2, 0.25) is 0 Å². The number of aryl methyl sites for hydroxylation is 3. The molecule has 6 rings (SSSR count). The maximum atomic E-state index is 5.13. The summed E-state index contributed by atoms with van der Waals surface area (Å²) in [6, 6.07) is 30.8. The van der Waals surface area contributed by atoms with E-state index in [0.717, 1.165) is 53.1 Å². The van der Waals surface area contributed by atoms with Crippen LogP contribution in [-0.4, -0.2) is 35.6 Å². The number of hydrogen-bond donors (Lipinski definition) is 0. The molecule has 0 fully saturated rings. The second-order valence-corrected chi connectivity index (χ2v) is 13.3. The molecular formula is C32H29IMgN4. The van der Waals surface area contributed by atoms with Gasteiger partial charge in [0.2, 0.25) is 0 Å². The van der Waals surface area contributed by atoms with Crippen molar-refractivity contribution in [2.24, 2.45) is 7.05 Å². The number of imidazole rings is 2. The lowest BCUT2D eigenvalue weighted by Crippen LogP contribution is -2.11. The van der Waals surface area contributed by atoms with Crippen molar-refractivity contribution in [3.63, 3.8) is 0 Å². The molecule has 0 bridgehead atoms. The highest BCUT2D eigenvalue weighted by Gasteiger charge is 2.17. The summed E-state index contributed by atoms with van der Waals surface area (Å²) in [5.41, 5.74) is 10.7. The monoisotopic (exact) mass is 620 g/mol. The van der Waals surface area contributed by atoms with Crippen molar-refractivity contribution in [2.75, 3.05) is 0 Å². The molecule has 0 saturated carbocycles. The zero-order chi connectivity index (χ0) is 26.2. The molecule has 4 nitrogen and oxygen atoms in total. The van der Waals surface area contributed by atoms with Crippen LogP contribution in [0.5, 0.6) is 0 Å². The predicted molar refractivity (Wildman–Crippen MR) is 169 cm³/mol. The Hall–Kier alpha value is -2.68. The van der Waals surface area contributed by atoms with Crippen molar-refractivity contribution in [2.45, 2.75) is 33.2 Å². The molecule has 0 atom stereocenters. The molecule has 0 aliphatic rings. The van der Waals surface area contributed by atoms with Crippen molar-refractivity contribution in [1.82, 2.24) is 19.1 Å². The Morgan fingerprint density at radius 2 is 1.61 bits per heavy atom. The van der Waals surface area contributed by atoms with Crippen LogP contribution in [0.25, 0.3) is 44.6 Å². The van der Waals surface area contributed by atoms with Gasteiger partial charge in [-0.15, -0.1) is 3.69 Å². The third-order valence-corrected chi connectivity index (χ3v) is 10.8. The molecule has 38 heavy (non-hydrogen) atoms. The number of benzene rings is 4. The minimum atomic E-state index is -0.257. The smallest absolute Gasteiger partial charge is 0.327 e. The molecule has 2 aromatic heterocycles. The number of fused-ring (bicyclic) bond motifs is 2. The summed E-state index contributed by atoms with van der Waals surface area (Å²) in [6.07, 6.45) is 2.03. The number of halogens is 1. The predicted octanol–water partition coefficient (Wildman–Crippen LogP) is 7.25. The fraction of sp³-hybridized carbons (Fsp3) is 0.188. The van der Waals surface area contributed by atoms with Gasteiger partial charge in [-0.2, -0.15) is 0 Å². The molecular weight excluding hydrogens is 592 g/mol. The molecule has 6 aromatic rings. The first-order valence-electron chi connectivity index (χ1n) is 13.2. The average Bonchev–Trinajstić information content (AvgIpc) is 3.47. The molecule has 0 N–H and O–H groups in total. The Morgan fingerprint density at radius 1 is 0.842 bits per heavy atom. The van der Waals surface area contributed by atoms with Crippen LogP contribution in [0.3, 0.4) is 0 Å². The van der Waals surface area contributed by atoms with E-state index < -0.39 is 0 Å². The SMILES string of the molecule is CCCc1nc2c(C)cc(-c3nc4ccccc4n3C)cc2n1Cc1ccc(-c2cccc[c]2[Mg][I])cc1. The standard InChI is InChI=1S/C32H29N4.HI.Mg/c1-4-10-30-34-31-22(2)19-26(32-33-27-13-8-9-14-28(27)35(32)3)20-29(31)36(30)21-23-15-17-25(18-16-23)24-11-6-5-7-12-24;;/h5-9,11,13-20H,4,10,21H2,1-3H3;1H;/q;;+1/p-1. The van der Waals surface area contributed by atoms with Crippen molar-refractivity contribution in [3.05, 3.63) is 102 Å². The highest BCUT2D eigenvalue weighted by Crippen LogP contribution is 2.31. The fourth-order valence-electron chi connectivity index (χ4n) is 5.46. The van der Waals surface area contributed by atoms with Gasteiger partial charge in [-0.3, -0.25) is 18.9 Å². The van der Waals surface area contributed by atoms with E-state index in [4.69, 9.17) is 9.97 Å². The Kier molecular flexibility index (Phi) is 7.29. The van der Waals surface area contributed by atoms with Crippen molar-refractivity contribution >= 4 is 61.1 Å². The van der Waals surface area contributed by atoms with Crippen LogP contribution >= 0.6 is 18.9 Å². The normalized spacial score (nSPS) is 11.4. The topological polar surface area (TPSA) is 35.6 Å². The third-order valence-electron chi connectivity index (χ3n) is 7.41. The summed E-state index contributed by atoms with van der Waals surface area (Å²) < 4.78 is 6.12. The van der Waals surface area contributed by atoms with Crippen molar-refractivity contribution < 1.29 is 0 Å². The lowest BCUT2D eigenvalue weighted by Gasteiger charge is -2.12. The highest BCUT2D eigenvalue weighted by molar-refractivity contribution is 14.1. The number of aromatic nitrogens is 4. The lowest BCUT2D eigenvalue weighted by atomic mass is 10.0. The number of rotatable bonds is 7. The first-order valence-corrected chi connectivity index (χ1v) is 19.0. The summed E-state index contributed by atoms with van der Waals surface area (Å²) in [4.78, 5) is 10.1. The van der Waals surface area contributed by atoms with Gasteiger partial charge in [0, 0.05) is 25.6 Å². The fourth-order valence-corrected chi connectivity index (χ4v) is 8.14. The van der Waals surface area contributed by atoms with Crippen LogP contribution in [0.1, 0.15) is 30.3 Å². The lowest BCUT2D eigenvalue weighted by molar-refractivity contribution is 0.722. The van der Waals surface area contributed by atoms with Crippen LogP contribution < -0.4 is 3.69 Å². The molecule has 186 valence electrons. The summed E-state index contributed by atoms with van der Waals surface area (Å²) in [5.74, 6) is 2.14. The first-order chi connectivity index (χ1) is 18.6. The van der Waals surface area contributed by atoms with E-state index in [0.29, 0.717) is 0 Å². The zero-order valence-corrected chi connectivity index (χ0v) is 25.6. The van der Waals surface area contributed by atoms with Gasteiger partial charge >= 0.3 is 16.5 Å². The van der Waals surface area contributed by atoms with Crippen LogP contribution in [0, 0.1) is 6.92 Å². The molecule has 0 aliphatic carbocycles. The van der Waals surface area contributed by atoms with Crippen molar-refractivity contribution in [3.8, 4) is 22.5 Å². The first kappa shape index (κ1) is 25.6. The van der Waals surface area contributed by atoms with E-state index >= 15 is 0 Å². The van der Waals surface area contributed by atoms with Crippen LogP contribution in [-0.2, 0) is 20.0 Å². The molecule has 2 heterocycles. The summed E-state index contributed by atoms with van der Waals surface area (Å²) in [7, 11) is 2.10. The van der Waals surface area contributed by atoms with Gasteiger partial charge in [0.15, 0.2) is 0 Å². The highest BCUT2D eigenvalue weighted by atomic mass is 127. The van der Waals surface area contributed by atoms with E-state index in [9.17, 15) is 0 Å². The molecule has 0 saturated heterocycles. The number of para-hydroxylation sites is 2. The van der Waals surface area contributed by atoms with Gasteiger partial charge in [0.25, 0.3) is 0 Å². The Labute approximate surface area is 243 Å². The third kappa shape index (κ3) is 4.67. The van der Waals surface area contributed by atoms with Gasteiger partial charge in [-0.05, 0) is 59.9 Å². The second-order valence-electron chi connectivity index (χ2n) is 10.00. The Bertz CT molecular complexity index is 1760. The van der Waals surface area contributed by atoms with E-state index in [1.807, 2.05) is 6.07 Å². The zero-order valence-electron chi connectivity index (χ0n) is 22.1. The average molecular weight is 621 g/mol. The second kappa shape index (κ2) is 10.8. The largest absolute Gasteiger partial charge is 0.503 e. The Morgan fingerprint density at radius 3 is 2.37 bits per heavy atom. The summed E-state index contributed by atoms with van der Waals surface area (Å²) in [6.45, 7) is 5.20. The molecule has 4 aromatic carbocycles.